The second kappa shape index (κ2) is 8.09. The molecule has 0 bridgehead atoms. The molecule has 1 rings (SSSR count). The number of carbonyl (C=O) groups is 2. The van der Waals surface area contributed by atoms with Gasteiger partial charge in [-0.15, -0.1) is 0 Å². The molecule has 0 atom stereocenters. The summed E-state index contributed by atoms with van der Waals surface area (Å²) in [6.07, 6.45) is 1.51. The highest BCUT2D eigenvalue weighted by atomic mass is 19.1. The van der Waals surface area contributed by atoms with Gasteiger partial charge in [-0.1, -0.05) is 6.07 Å². The number of nitrogens with one attached hydrogen (secondary N) is 2. The highest BCUT2D eigenvalue weighted by Crippen LogP contribution is 2.13. The van der Waals surface area contributed by atoms with Crippen LogP contribution in [0.5, 0.6) is 0 Å². The molecular weight excluding hydrogens is 330 g/mol. The molecule has 7 heteroatoms. The van der Waals surface area contributed by atoms with E-state index in [2.05, 4.69) is 10.6 Å². The van der Waals surface area contributed by atoms with Crippen LogP contribution in [0.25, 0.3) is 6.08 Å². The van der Waals surface area contributed by atoms with Gasteiger partial charge in [0.15, 0.2) is 0 Å². The van der Waals surface area contributed by atoms with Crippen LogP contribution in [0.15, 0.2) is 24.3 Å². The molecule has 0 saturated carbocycles. The number of hydrogen-bond donors (Lipinski definition) is 2. The van der Waals surface area contributed by atoms with E-state index in [1.807, 2.05) is 0 Å². The molecule has 0 spiro atoms. The minimum Gasteiger partial charge on any atom is -0.444 e. The number of ether oxygens (including phenoxy) is 1. The molecule has 0 aromatic heterocycles. The maximum absolute atomic E-state index is 13.5. The number of alkyl carbamates (subject to hydrolysis) is 1. The SMILES string of the molecule is CC(C)(CNC(=O)OC(C)(C)C)NC(=O)C=Cc1c(F)cccc1F. The number of rotatable bonds is 5. The van der Waals surface area contributed by atoms with E-state index in [1.54, 1.807) is 34.6 Å². The van der Waals surface area contributed by atoms with Crippen molar-refractivity contribution in [2.45, 2.75) is 45.8 Å². The van der Waals surface area contributed by atoms with Crippen LogP contribution in [0.3, 0.4) is 0 Å². The number of carbonyl (C=O) groups excluding carboxylic acids is 2. The number of benzene rings is 1. The minimum atomic E-state index is -0.786. The average molecular weight is 354 g/mol. The Bertz CT molecular complexity index is 645. The highest BCUT2D eigenvalue weighted by molar-refractivity contribution is 5.92. The zero-order valence-corrected chi connectivity index (χ0v) is 15.1. The second-order valence-electron chi connectivity index (χ2n) is 7.20. The van der Waals surface area contributed by atoms with Crippen molar-refractivity contribution in [3.05, 3.63) is 41.5 Å². The standard InChI is InChI=1S/C18H24F2N2O3/c1-17(2,3)25-16(24)21-11-18(4,5)22-15(23)10-9-12-13(19)7-6-8-14(12)20/h6-10H,11H2,1-5H3,(H,21,24)(H,22,23). The van der Waals surface area contributed by atoms with E-state index < -0.39 is 34.8 Å². The van der Waals surface area contributed by atoms with Crippen LogP contribution in [0.1, 0.15) is 40.2 Å². The van der Waals surface area contributed by atoms with E-state index in [1.165, 1.54) is 6.07 Å². The number of amides is 2. The Balaban J connectivity index is 2.60. The maximum Gasteiger partial charge on any atom is 0.407 e. The number of halogens is 2. The van der Waals surface area contributed by atoms with Crippen molar-refractivity contribution in [3.63, 3.8) is 0 Å². The van der Waals surface area contributed by atoms with E-state index in [4.69, 9.17) is 4.74 Å². The molecule has 2 N–H and O–H groups in total. The lowest BCUT2D eigenvalue weighted by Crippen LogP contribution is -2.51. The van der Waals surface area contributed by atoms with Crippen molar-refractivity contribution >= 4 is 18.1 Å². The molecule has 1 aromatic carbocycles. The summed E-state index contributed by atoms with van der Waals surface area (Å²) in [5.41, 5.74) is -1.70. The third-order valence-electron chi connectivity index (χ3n) is 2.94. The highest BCUT2D eigenvalue weighted by Gasteiger charge is 2.22. The molecule has 1 aromatic rings. The predicted molar refractivity (Wildman–Crippen MR) is 91.9 cm³/mol. The van der Waals surface area contributed by atoms with Crippen LogP contribution in [-0.4, -0.2) is 29.7 Å². The summed E-state index contributed by atoms with van der Waals surface area (Å²) in [7, 11) is 0. The summed E-state index contributed by atoms with van der Waals surface area (Å²) in [5, 5.41) is 5.20. The molecule has 138 valence electrons. The molecule has 0 unspecified atom stereocenters. The zero-order chi connectivity index (χ0) is 19.3. The van der Waals surface area contributed by atoms with Crippen LogP contribution in [0.2, 0.25) is 0 Å². The van der Waals surface area contributed by atoms with Crippen molar-refractivity contribution in [2.24, 2.45) is 0 Å². The summed E-state index contributed by atoms with van der Waals surface area (Å²) in [6.45, 7) is 8.74. The lowest BCUT2D eigenvalue weighted by molar-refractivity contribution is -0.117. The van der Waals surface area contributed by atoms with Gasteiger partial charge in [-0.25, -0.2) is 13.6 Å². The van der Waals surface area contributed by atoms with Gasteiger partial charge in [-0.2, -0.15) is 0 Å². The first-order valence-corrected chi connectivity index (χ1v) is 7.81. The van der Waals surface area contributed by atoms with Gasteiger partial charge in [0.1, 0.15) is 17.2 Å². The molecule has 0 radical (unpaired) electrons. The quantitative estimate of drug-likeness (QED) is 0.797. The molecule has 0 heterocycles. The normalized spacial score (nSPS) is 12.1. The summed E-state index contributed by atoms with van der Waals surface area (Å²) >= 11 is 0. The molecule has 0 saturated heterocycles. The summed E-state index contributed by atoms with van der Waals surface area (Å²) < 4.78 is 32.1. The molecule has 0 aliphatic heterocycles. The van der Waals surface area contributed by atoms with E-state index in [-0.39, 0.29) is 12.1 Å². The van der Waals surface area contributed by atoms with Crippen LogP contribution in [0.4, 0.5) is 13.6 Å². The van der Waals surface area contributed by atoms with Crippen molar-refractivity contribution in [2.75, 3.05) is 6.54 Å². The Labute approximate surface area is 146 Å². The summed E-state index contributed by atoms with van der Waals surface area (Å²) in [5.74, 6) is -2.05. The first kappa shape index (κ1) is 20.6. The monoisotopic (exact) mass is 354 g/mol. The lowest BCUT2D eigenvalue weighted by Gasteiger charge is -2.27. The first-order valence-electron chi connectivity index (χ1n) is 7.81. The van der Waals surface area contributed by atoms with Crippen molar-refractivity contribution in [1.29, 1.82) is 0 Å². The Kier molecular flexibility index (Phi) is 6.67. The molecule has 0 fully saturated rings. The predicted octanol–water partition coefficient (Wildman–Crippen LogP) is 3.40. The fraction of sp³-hybridized carbons (Fsp3) is 0.444. The Morgan fingerprint density at radius 3 is 2.20 bits per heavy atom. The minimum absolute atomic E-state index is 0.121. The molecule has 0 aliphatic rings. The molecular formula is C18H24F2N2O3. The van der Waals surface area contributed by atoms with Gasteiger partial charge in [0.05, 0.1) is 5.54 Å². The van der Waals surface area contributed by atoms with E-state index in [0.29, 0.717) is 0 Å². The summed E-state index contributed by atoms with van der Waals surface area (Å²) in [4.78, 5) is 23.6. The Morgan fingerprint density at radius 2 is 1.68 bits per heavy atom. The van der Waals surface area contributed by atoms with Crippen LogP contribution < -0.4 is 10.6 Å². The van der Waals surface area contributed by atoms with E-state index in [0.717, 1.165) is 24.3 Å². The maximum atomic E-state index is 13.5. The van der Waals surface area contributed by atoms with Crippen molar-refractivity contribution in [1.82, 2.24) is 10.6 Å². The number of hydrogen-bond acceptors (Lipinski definition) is 3. The Morgan fingerprint density at radius 1 is 1.12 bits per heavy atom. The summed E-state index contributed by atoms with van der Waals surface area (Å²) in [6, 6.07) is 3.46. The van der Waals surface area contributed by atoms with Gasteiger partial charge in [0.25, 0.3) is 0 Å². The topological polar surface area (TPSA) is 67.4 Å². The fourth-order valence-corrected chi connectivity index (χ4v) is 1.86. The van der Waals surface area contributed by atoms with Crippen LogP contribution >= 0.6 is 0 Å². The van der Waals surface area contributed by atoms with Gasteiger partial charge < -0.3 is 15.4 Å². The average Bonchev–Trinajstić information content (AvgIpc) is 2.42. The van der Waals surface area contributed by atoms with Gasteiger partial charge in [-0.3, -0.25) is 4.79 Å². The van der Waals surface area contributed by atoms with Crippen LogP contribution in [-0.2, 0) is 9.53 Å². The van der Waals surface area contributed by atoms with E-state index in [9.17, 15) is 18.4 Å². The van der Waals surface area contributed by atoms with E-state index >= 15 is 0 Å². The van der Waals surface area contributed by atoms with Crippen molar-refractivity contribution < 1.29 is 23.1 Å². The van der Waals surface area contributed by atoms with Gasteiger partial charge in [0.2, 0.25) is 5.91 Å². The molecule has 2 amide bonds. The zero-order valence-electron chi connectivity index (χ0n) is 15.1. The smallest absolute Gasteiger partial charge is 0.407 e. The first-order chi connectivity index (χ1) is 11.4. The Hall–Kier alpha value is -2.44. The fourth-order valence-electron chi connectivity index (χ4n) is 1.86. The third kappa shape index (κ3) is 7.78. The molecule has 5 nitrogen and oxygen atoms in total. The second-order valence-corrected chi connectivity index (χ2v) is 7.20. The van der Waals surface area contributed by atoms with Crippen molar-refractivity contribution in [3.8, 4) is 0 Å². The largest absolute Gasteiger partial charge is 0.444 e. The van der Waals surface area contributed by atoms with Gasteiger partial charge in [-0.05, 0) is 52.8 Å². The third-order valence-corrected chi connectivity index (χ3v) is 2.94. The molecule has 0 aliphatic carbocycles. The lowest BCUT2D eigenvalue weighted by atomic mass is 10.1. The van der Waals surface area contributed by atoms with Gasteiger partial charge in [0, 0.05) is 18.2 Å². The molecule has 25 heavy (non-hydrogen) atoms. The van der Waals surface area contributed by atoms with Gasteiger partial charge >= 0.3 is 6.09 Å². The van der Waals surface area contributed by atoms with Crippen LogP contribution in [0, 0.1) is 11.6 Å².